The molecule has 0 N–H and O–H groups in total. The Balaban J connectivity index is 1.83. The predicted molar refractivity (Wildman–Crippen MR) is 58.4 cm³/mol. The highest BCUT2D eigenvalue weighted by Crippen LogP contribution is 2.50. The quantitative estimate of drug-likeness (QED) is 0.688. The van der Waals surface area contributed by atoms with E-state index in [9.17, 15) is 0 Å². The molecule has 1 unspecified atom stereocenters. The molecule has 2 rings (SSSR count). The Kier molecular flexibility index (Phi) is 2.61. The summed E-state index contributed by atoms with van der Waals surface area (Å²) >= 11 is 0. The summed E-state index contributed by atoms with van der Waals surface area (Å²) in [6.45, 7) is 11.4. The Bertz CT molecular complexity index is 206. The third-order valence-corrected chi connectivity index (χ3v) is 3.79. The summed E-state index contributed by atoms with van der Waals surface area (Å²) in [6.07, 6.45) is 3.61. The van der Waals surface area contributed by atoms with Gasteiger partial charge >= 0.3 is 0 Å². The first-order valence-electron chi connectivity index (χ1n) is 5.93. The molecule has 0 amide bonds. The molecule has 2 heteroatoms. The van der Waals surface area contributed by atoms with Crippen molar-refractivity contribution >= 4 is 0 Å². The maximum absolute atomic E-state index is 5.95. The van der Waals surface area contributed by atoms with Crippen LogP contribution in [0.25, 0.3) is 0 Å². The van der Waals surface area contributed by atoms with Gasteiger partial charge in [0.1, 0.15) is 0 Å². The number of likely N-dealkylation sites (tertiary alicyclic amines) is 1. The van der Waals surface area contributed by atoms with Crippen LogP contribution in [0.15, 0.2) is 0 Å². The SMILES string of the molecule is CC(C)OC1CCC12CN(C(C)C)C2. The molecule has 2 nitrogen and oxygen atoms in total. The van der Waals surface area contributed by atoms with Crippen molar-refractivity contribution in [1.29, 1.82) is 0 Å². The molecule has 1 saturated heterocycles. The van der Waals surface area contributed by atoms with Gasteiger partial charge in [0, 0.05) is 24.5 Å². The molecule has 2 aliphatic rings. The largest absolute Gasteiger partial charge is 0.375 e. The van der Waals surface area contributed by atoms with E-state index in [1.807, 2.05) is 0 Å². The first-order valence-corrected chi connectivity index (χ1v) is 5.93. The third kappa shape index (κ3) is 1.59. The van der Waals surface area contributed by atoms with E-state index in [0.717, 1.165) is 0 Å². The lowest BCUT2D eigenvalue weighted by Gasteiger charge is -2.61. The molecule has 1 atom stereocenters. The predicted octanol–water partition coefficient (Wildman–Crippen LogP) is 2.28. The van der Waals surface area contributed by atoms with Gasteiger partial charge in [-0.15, -0.1) is 0 Å². The molecule has 2 fully saturated rings. The van der Waals surface area contributed by atoms with Crippen LogP contribution in [0.3, 0.4) is 0 Å². The molecule has 0 aromatic rings. The summed E-state index contributed by atoms with van der Waals surface area (Å²) in [7, 11) is 0. The smallest absolute Gasteiger partial charge is 0.0659 e. The second-order valence-corrected chi connectivity index (χ2v) is 5.57. The van der Waals surface area contributed by atoms with Crippen molar-refractivity contribution in [3.8, 4) is 0 Å². The summed E-state index contributed by atoms with van der Waals surface area (Å²) in [5.41, 5.74) is 0.550. The van der Waals surface area contributed by atoms with Crippen LogP contribution in [0.1, 0.15) is 40.5 Å². The van der Waals surface area contributed by atoms with Crippen molar-refractivity contribution in [2.24, 2.45) is 5.41 Å². The van der Waals surface area contributed by atoms with Gasteiger partial charge in [-0.3, -0.25) is 4.90 Å². The fourth-order valence-corrected chi connectivity index (χ4v) is 2.70. The number of hydrogen-bond donors (Lipinski definition) is 0. The summed E-state index contributed by atoms with van der Waals surface area (Å²) in [6, 6.07) is 0.709. The third-order valence-electron chi connectivity index (χ3n) is 3.79. The zero-order chi connectivity index (χ0) is 10.3. The van der Waals surface area contributed by atoms with Gasteiger partial charge in [0.25, 0.3) is 0 Å². The first kappa shape index (κ1) is 10.4. The van der Waals surface area contributed by atoms with Gasteiger partial charge in [-0.25, -0.2) is 0 Å². The van der Waals surface area contributed by atoms with Gasteiger partial charge in [-0.05, 0) is 40.5 Å². The minimum atomic E-state index is 0.394. The Hall–Kier alpha value is -0.0800. The Labute approximate surface area is 87.6 Å². The van der Waals surface area contributed by atoms with E-state index in [2.05, 4.69) is 32.6 Å². The van der Waals surface area contributed by atoms with Crippen LogP contribution < -0.4 is 0 Å². The van der Waals surface area contributed by atoms with Gasteiger partial charge in [0.2, 0.25) is 0 Å². The van der Waals surface area contributed by atoms with Crippen molar-refractivity contribution < 1.29 is 4.74 Å². The second kappa shape index (κ2) is 3.49. The molecule has 0 bridgehead atoms. The van der Waals surface area contributed by atoms with Crippen molar-refractivity contribution in [3.05, 3.63) is 0 Å². The van der Waals surface area contributed by atoms with Crippen molar-refractivity contribution in [2.45, 2.75) is 58.8 Å². The molecular formula is C12H23NO. The Morgan fingerprint density at radius 2 is 1.86 bits per heavy atom. The van der Waals surface area contributed by atoms with E-state index in [1.54, 1.807) is 0 Å². The number of hydrogen-bond acceptors (Lipinski definition) is 2. The lowest BCUT2D eigenvalue weighted by Crippen LogP contribution is -2.68. The second-order valence-electron chi connectivity index (χ2n) is 5.57. The summed E-state index contributed by atoms with van der Waals surface area (Å²) in [4.78, 5) is 2.55. The van der Waals surface area contributed by atoms with Crippen LogP contribution in [0.4, 0.5) is 0 Å². The zero-order valence-electron chi connectivity index (χ0n) is 9.92. The summed E-state index contributed by atoms with van der Waals surface area (Å²) in [5, 5.41) is 0. The van der Waals surface area contributed by atoms with Gasteiger partial charge in [-0.1, -0.05) is 0 Å². The molecule has 0 aromatic carbocycles. The number of rotatable bonds is 3. The van der Waals surface area contributed by atoms with E-state index in [4.69, 9.17) is 4.74 Å². The van der Waals surface area contributed by atoms with Gasteiger partial charge in [-0.2, -0.15) is 0 Å². The molecule has 0 aromatic heterocycles. The lowest BCUT2D eigenvalue weighted by atomic mass is 9.60. The molecule has 0 radical (unpaired) electrons. The summed E-state index contributed by atoms with van der Waals surface area (Å²) < 4.78 is 5.95. The van der Waals surface area contributed by atoms with E-state index < -0.39 is 0 Å². The van der Waals surface area contributed by atoms with Crippen molar-refractivity contribution in [1.82, 2.24) is 4.90 Å². The highest BCUT2D eigenvalue weighted by Gasteiger charge is 2.55. The maximum atomic E-state index is 5.95. The molecule has 1 heterocycles. The van der Waals surface area contributed by atoms with Crippen molar-refractivity contribution in [3.63, 3.8) is 0 Å². The topological polar surface area (TPSA) is 12.5 Å². The van der Waals surface area contributed by atoms with Crippen LogP contribution in [-0.2, 0) is 4.74 Å². The molecular weight excluding hydrogens is 174 g/mol. The standard InChI is InChI=1S/C12H23NO/c1-9(2)13-7-12(8-13)6-5-11(12)14-10(3)4/h9-11H,5-8H2,1-4H3. The van der Waals surface area contributed by atoms with E-state index in [-0.39, 0.29) is 0 Å². The minimum absolute atomic E-state index is 0.394. The van der Waals surface area contributed by atoms with E-state index >= 15 is 0 Å². The maximum Gasteiger partial charge on any atom is 0.0659 e. The van der Waals surface area contributed by atoms with Crippen molar-refractivity contribution in [2.75, 3.05) is 13.1 Å². The average Bonchev–Trinajstić information content (AvgIpc) is 1.95. The van der Waals surface area contributed by atoms with Gasteiger partial charge < -0.3 is 4.74 Å². The zero-order valence-corrected chi connectivity index (χ0v) is 9.92. The Morgan fingerprint density at radius 3 is 2.21 bits per heavy atom. The summed E-state index contributed by atoms with van der Waals surface area (Å²) in [5.74, 6) is 0. The van der Waals surface area contributed by atoms with Crippen LogP contribution in [0, 0.1) is 5.41 Å². The van der Waals surface area contributed by atoms with Crippen LogP contribution >= 0.6 is 0 Å². The van der Waals surface area contributed by atoms with Crippen LogP contribution in [-0.4, -0.2) is 36.2 Å². The molecule has 1 spiro atoms. The minimum Gasteiger partial charge on any atom is -0.375 e. The normalized spacial score (nSPS) is 30.9. The fraction of sp³-hybridized carbons (Fsp3) is 1.00. The molecule has 14 heavy (non-hydrogen) atoms. The fourth-order valence-electron chi connectivity index (χ4n) is 2.70. The molecule has 1 aliphatic heterocycles. The highest BCUT2D eigenvalue weighted by molar-refractivity contribution is 5.07. The first-order chi connectivity index (χ1) is 6.53. The van der Waals surface area contributed by atoms with Gasteiger partial charge in [0.15, 0.2) is 0 Å². The van der Waals surface area contributed by atoms with Crippen LogP contribution in [0.5, 0.6) is 0 Å². The number of nitrogens with zero attached hydrogens (tertiary/aromatic N) is 1. The highest BCUT2D eigenvalue weighted by atomic mass is 16.5. The van der Waals surface area contributed by atoms with E-state index in [1.165, 1.54) is 25.9 Å². The molecule has 1 saturated carbocycles. The van der Waals surface area contributed by atoms with E-state index in [0.29, 0.717) is 23.7 Å². The molecule has 1 aliphatic carbocycles. The Morgan fingerprint density at radius 1 is 1.21 bits per heavy atom. The lowest BCUT2D eigenvalue weighted by molar-refractivity contribution is -0.202. The number of ether oxygens (including phenoxy) is 1. The monoisotopic (exact) mass is 197 g/mol. The van der Waals surface area contributed by atoms with Gasteiger partial charge in [0.05, 0.1) is 12.2 Å². The average molecular weight is 197 g/mol. The molecule has 82 valence electrons. The van der Waals surface area contributed by atoms with Crippen LogP contribution in [0.2, 0.25) is 0 Å².